The Kier molecular flexibility index (Phi) is 4.87. The topological polar surface area (TPSA) is 48.1 Å². The zero-order valence-electron chi connectivity index (χ0n) is 10.9. The van der Waals surface area contributed by atoms with E-state index >= 15 is 0 Å². The Hall–Kier alpha value is -1.46. The number of benzene rings is 1. The zero-order valence-corrected chi connectivity index (χ0v) is 11.7. The van der Waals surface area contributed by atoms with E-state index in [1.165, 1.54) is 6.07 Å². The molecule has 0 atom stereocenters. The van der Waals surface area contributed by atoms with Crippen LogP contribution in [0.5, 0.6) is 5.75 Å². The molecule has 5 heteroatoms. The van der Waals surface area contributed by atoms with Crippen LogP contribution in [-0.2, 0) is 19.6 Å². The predicted molar refractivity (Wildman–Crippen MR) is 74.7 cm³/mol. The van der Waals surface area contributed by atoms with Crippen molar-refractivity contribution >= 4 is 11.3 Å². The molecule has 0 radical (unpaired) electrons. The molecule has 1 heterocycles. The van der Waals surface area contributed by atoms with Crippen molar-refractivity contribution in [3.8, 4) is 5.75 Å². The van der Waals surface area contributed by atoms with Crippen LogP contribution in [0.1, 0.15) is 28.9 Å². The van der Waals surface area contributed by atoms with Crippen molar-refractivity contribution < 1.29 is 9.13 Å². The van der Waals surface area contributed by atoms with Crippen LogP contribution in [0.3, 0.4) is 0 Å². The fraction of sp³-hybridized carbons (Fsp3) is 0.357. The smallest absolute Gasteiger partial charge is 0.165 e. The highest BCUT2D eigenvalue weighted by atomic mass is 32.1. The Balaban J connectivity index is 2.05. The van der Waals surface area contributed by atoms with Gasteiger partial charge in [-0.25, -0.2) is 9.37 Å². The summed E-state index contributed by atoms with van der Waals surface area (Å²) in [6.07, 6.45) is 1.95. The number of para-hydroxylation sites is 1. The van der Waals surface area contributed by atoms with Crippen LogP contribution < -0.4 is 10.5 Å². The molecule has 0 aliphatic rings. The molecule has 0 saturated carbocycles. The van der Waals surface area contributed by atoms with Crippen LogP contribution in [0.2, 0.25) is 0 Å². The van der Waals surface area contributed by atoms with Gasteiger partial charge in [-0.15, -0.1) is 11.3 Å². The molecule has 1 aromatic carbocycles. The van der Waals surface area contributed by atoms with Gasteiger partial charge in [0.2, 0.25) is 0 Å². The van der Waals surface area contributed by atoms with Gasteiger partial charge in [0.1, 0.15) is 11.6 Å². The lowest BCUT2D eigenvalue weighted by Crippen LogP contribution is -1.98. The molecule has 0 bridgehead atoms. The van der Waals surface area contributed by atoms with E-state index in [1.807, 2.05) is 0 Å². The number of ether oxygens (including phenoxy) is 1. The molecule has 2 N–H and O–H groups in total. The van der Waals surface area contributed by atoms with Gasteiger partial charge in [0, 0.05) is 11.4 Å². The van der Waals surface area contributed by atoms with E-state index in [4.69, 9.17) is 10.5 Å². The molecule has 19 heavy (non-hydrogen) atoms. The van der Waals surface area contributed by atoms with Gasteiger partial charge in [-0.3, -0.25) is 0 Å². The Labute approximate surface area is 116 Å². The minimum absolute atomic E-state index is 0.254. The van der Waals surface area contributed by atoms with Crippen LogP contribution in [0.25, 0.3) is 0 Å². The lowest BCUT2D eigenvalue weighted by atomic mass is 10.2. The van der Waals surface area contributed by atoms with Gasteiger partial charge in [-0.05, 0) is 18.6 Å². The molecule has 0 aliphatic heterocycles. The molecule has 0 saturated heterocycles. The number of nitrogens with zero attached hydrogens (tertiary/aromatic N) is 1. The standard InChI is InChI=1S/C14H17FN2OS/c1-2-5-11-13(8-16)19-14(17-11)9-18-12-7-4-3-6-10(12)15/h3-4,6-7H,2,5,8-9,16H2,1H3. The van der Waals surface area contributed by atoms with Gasteiger partial charge >= 0.3 is 0 Å². The molecule has 2 rings (SSSR count). The first-order valence-electron chi connectivity index (χ1n) is 6.29. The van der Waals surface area contributed by atoms with E-state index in [0.29, 0.717) is 6.54 Å². The van der Waals surface area contributed by atoms with Gasteiger partial charge < -0.3 is 10.5 Å². The Morgan fingerprint density at radius 2 is 2.16 bits per heavy atom. The monoisotopic (exact) mass is 280 g/mol. The summed E-state index contributed by atoms with van der Waals surface area (Å²) in [6.45, 7) is 2.88. The summed E-state index contributed by atoms with van der Waals surface area (Å²) in [5.41, 5.74) is 6.74. The van der Waals surface area contributed by atoms with Gasteiger partial charge in [0.15, 0.2) is 11.6 Å². The molecule has 2 aromatic rings. The van der Waals surface area contributed by atoms with E-state index in [0.717, 1.165) is 28.4 Å². The molecule has 102 valence electrons. The van der Waals surface area contributed by atoms with Crippen LogP contribution in [0.4, 0.5) is 4.39 Å². The van der Waals surface area contributed by atoms with Crippen molar-refractivity contribution in [3.05, 3.63) is 45.7 Å². The SMILES string of the molecule is CCCc1nc(COc2ccccc2F)sc1CN. The normalized spacial score (nSPS) is 10.7. The van der Waals surface area contributed by atoms with Crippen LogP contribution in [0, 0.1) is 5.82 Å². The average Bonchev–Trinajstić information content (AvgIpc) is 2.81. The first-order chi connectivity index (χ1) is 9.24. The van der Waals surface area contributed by atoms with Crippen molar-refractivity contribution in [2.45, 2.75) is 32.9 Å². The molecular weight excluding hydrogens is 263 g/mol. The molecule has 0 fully saturated rings. The summed E-state index contributed by atoms with van der Waals surface area (Å²) < 4.78 is 18.8. The van der Waals surface area contributed by atoms with Crippen molar-refractivity contribution in [2.24, 2.45) is 5.73 Å². The number of aromatic nitrogens is 1. The second kappa shape index (κ2) is 6.63. The number of nitrogens with two attached hydrogens (primary N) is 1. The van der Waals surface area contributed by atoms with Gasteiger partial charge in [0.25, 0.3) is 0 Å². The highest BCUT2D eigenvalue weighted by Crippen LogP contribution is 2.22. The van der Waals surface area contributed by atoms with Gasteiger partial charge in [-0.1, -0.05) is 25.5 Å². The van der Waals surface area contributed by atoms with Crippen LogP contribution in [-0.4, -0.2) is 4.98 Å². The first kappa shape index (κ1) is 14.0. The van der Waals surface area contributed by atoms with Crippen LogP contribution >= 0.6 is 11.3 Å². The van der Waals surface area contributed by atoms with E-state index in [-0.39, 0.29) is 18.2 Å². The number of aryl methyl sites for hydroxylation is 1. The van der Waals surface area contributed by atoms with Gasteiger partial charge in [0.05, 0.1) is 5.69 Å². The van der Waals surface area contributed by atoms with Crippen molar-refractivity contribution in [1.82, 2.24) is 4.98 Å². The average molecular weight is 280 g/mol. The maximum Gasteiger partial charge on any atom is 0.165 e. The first-order valence-corrected chi connectivity index (χ1v) is 7.11. The third-order valence-electron chi connectivity index (χ3n) is 2.68. The number of thiazole rings is 1. The maximum absolute atomic E-state index is 13.4. The second-order valence-electron chi connectivity index (χ2n) is 4.15. The number of rotatable bonds is 6. The molecule has 3 nitrogen and oxygen atoms in total. The summed E-state index contributed by atoms with van der Waals surface area (Å²) in [5.74, 6) is -0.101. The molecule has 0 amide bonds. The van der Waals surface area contributed by atoms with Crippen molar-refractivity contribution in [2.75, 3.05) is 0 Å². The lowest BCUT2D eigenvalue weighted by molar-refractivity contribution is 0.289. The zero-order chi connectivity index (χ0) is 13.7. The second-order valence-corrected chi connectivity index (χ2v) is 5.32. The Morgan fingerprint density at radius 1 is 1.37 bits per heavy atom. The van der Waals surface area contributed by atoms with E-state index < -0.39 is 0 Å². The minimum atomic E-state index is -0.355. The third kappa shape index (κ3) is 3.52. The predicted octanol–water partition coefficient (Wildman–Crippen LogP) is 3.27. The number of hydrogen-bond donors (Lipinski definition) is 1. The quantitative estimate of drug-likeness (QED) is 0.883. The third-order valence-corrected chi connectivity index (χ3v) is 3.78. The van der Waals surface area contributed by atoms with Crippen molar-refractivity contribution in [3.63, 3.8) is 0 Å². The highest BCUT2D eigenvalue weighted by molar-refractivity contribution is 7.11. The number of hydrogen-bond acceptors (Lipinski definition) is 4. The fourth-order valence-corrected chi connectivity index (χ4v) is 2.70. The summed E-state index contributed by atoms with van der Waals surface area (Å²) >= 11 is 1.54. The lowest BCUT2D eigenvalue weighted by Gasteiger charge is -2.04. The minimum Gasteiger partial charge on any atom is -0.483 e. The van der Waals surface area contributed by atoms with E-state index in [1.54, 1.807) is 29.5 Å². The van der Waals surface area contributed by atoms with E-state index in [9.17, 15) is 4.39 Å². The summed E-state index contributed by atoms with van der Waals surface area (Å²) in [4.78, 5) is 5.60. The molecule has 0 aliphatic carbocycles. The maximum atomic E-state index is 13.4. The summed E-state index contributed by atoms with van der Waals surface area (Å²) in [6, 6.07) is 6.37. The largest absolute Gasteiger partial charge is 0.483 e. The van der Waals surface area contributed by atoms with Crippen molar-refractivity contribution in [1.29, 1.82) is 0 Å². The highest BCUT2D eigenvalue weighted by Gasteiger charge is 2.10. The Bertz CT molecular complexity index is 542. The fourth-order valence-electron chi connectivity index (χ4n) is 1.79. The summed E-state index contributed by atoms with van der Waals surface area (Å²) in [7, 11) is 0. The number of halogens is 1. The molecular formula is C14H17FN2OS. The summed E-state index contributed by atoms with van der Waals surface area (Å²) in [5, 5.41) is 0.840. The van der Waals surface area contributed by atoms with Gasteiger partial charge in [-0.2, -0.15) is 0 Å². The van der Waals surface area contributed by atoms with Crippen LogP contribution in [0.15, 0.2) is 24.3 Å². The van der Waals surface area contributed by atoms with E-state index in [2.05, 4.69) is 11.9 Å². The molecule has 0 unspecified atom stereocenters. The Morgan fingerprint density at radius 3 is 2.84 bits per heavy atom. The molecule has 0 spiro atoms. The molecule has 1 aromatic heterocycles.